The van der Waals surface area contributed by atoms with Crippen molar-refractivity contribution in [1.82, 2.24) is 9.55 Å². The molecule has 0 radical (unpaired) electrons. The average molecular weight is 413 g/mol. The van der Waals surface area contributed by atoms with Gasteiger partial charge in [-0.1, -0.05) is 47.5 Å². The molecule has 0 aliphatic carbocycles. The van der Waals surface area contributed by atoms with Crippen molar-refractivity contribution in [3.05, 3.63) is 88.7 Å². The first-order valence-corrected chi connectivity index (χ1v) is 9.66. The third kappa shape index (κ3) is 4.24. The number of ether oxygens (including phenoxy) is 2. The summed E-state index contributed by atoms with van der Waals surface area (Å²) in [6, 6.07) is 22.8. The van der Waals surface area contributed by atoms with Crippen molar-refractivity contribution in [2.24, 2.45) is 0 Å². The van der Waals surface area contributed by atoms with E-state index < -0.39 is 0 Å². The molecule has 4 aromatic rings. The fourth-order valence-electron chi connectivity index (χ4n) is 2.97. The summed E-state index contributed by atoms with van der Waals surface area (Å²) in [5.74, 6) is 2.24. The highest BCUT2D eigenvalue weighted by Crippen LogP contribution is 2.25. The Morgan fingerprint density at radius 2 is 1.57 bits per heavy atom. The lowest BCUT2D eigenvalue weighted by Gasteiger charge is -2.12. The predicted molar refractivity (Wildman–Crippen MR) is 112 cm³/mol. The van der Waals surface area contributed by atoms with Gasteiger partial charge in [-0.3, -0.25) is 0 Å². The van der Waals surface area contributed by atoms with Crippen molar-refractivity contribution in [3.63, 3.8) is 0 Å². The smallest absolute Gasteiger partial charge is 0.148 e. The van der Waals surface area contributed by atoms with Crippen molar-refractivity contribution < 1.29 is 9.47 Å². The molecule has 0 atom stereocenters. The molecule has 6 heteroatoms. The Hall–Kier alpha value is -2.69. The number of hydrogen-bond donors (Lipinski definition) is 0. The first kappa shape index (κ1) is 18.7. The molecule has 0 saturated heterocycles. The zero-order valence-electron chi connectivity index (χ0n) is 15.0. The number of benzene rings is 3. The van der Waals surface area contributed by atoms with Crippen LogP contribution >= 0.6 is 23.2 Å². The molecule has 0 fully saturated rings. The second-order valence-corrected chi connectivity index (χ2v) is 7.03. The van der Waals surface area contributed by atoms with Crippen LogP contribution in [0.25, 0.3) is 11.0 Å². The van der Waals surface area contributed by atoms with Gasteiger partial charge in [0.1, 0.15) is 30.5 Å². The van der Waals surface area contributed by atoms with E-state index in [9.17, 15) is 0 Å². The molecule has 0 spiro atoms. The first-order chi connectivity index (χ1) is 13.7. The molecule has 28 heavy (non-hydrogen) atoms. The minimum absolute atomic E-state index is 0.319. The van der Waals surface area contributed by atoms with Crippen molar-refractivity contribution in [2.75, 3.05) is 6.61 Å². The lowest BCUT2D eigenvalue weighted by molar-refractivity contribution is 0.272. The monoisotopic (exact) mass is 412 g/mol. The summed E-state index contributed by atoms with van der Waals surface area (Å²) in [6.07, 6.45) is 0. The molecule has 4 nitrogen and oxygen atoms in total. The number of fused-ring (bicyclic) bond motifs is 1. The van der Waals surface area contributed by atoms with Crippen molar-refractivity contribution in [3.8, 4) is 11.5 Å². The molecule has 3 aromatic carbocycles. The topological polar surface area (TPSA) is 36.3 Å². The van der Waals surface area contributed by atoms with Gasteiger partial charge in [0.15, 0.2) is 0 Å². The Kier molecular flexibility index (Phi) is 5.70. The minimum Gasteiger partial charge on any atom is -0.492 e. The summed E-state index contributed by atoms with van der Waals surface area (Å²) in [5.41, 5.74) is 1.96. The Morgan fingerprint density at radius 3 is 2.39 bits per heavy atom. The SMILES string of the molecule is Clc1ccc(OCCn2c(COc3ccccc3Cl)nc3ccccc32)cc1. The molecule has 0 amide bonds. The molecular formula is C22H18Cl2N2O2. The number of nitrogens with zero attached hydrogens (tertiary/aromatic N) is 2. The molecule has 0 bridgehead atoms. The molecule has 4 rings (SSSR count). The molecule has 142 valence electrons. The van der Waals surface area contributed by atoms with Crippen LogP contribution in [0, 0.1) is 0 Å². The van der Waals surface area contributed by atoms with Crippen LogP contribution < -0.4 is 9.47 Å². The van der Waals surface area contributed by atoms with Crippen LogP contribution in [0.5, 0.6) is 11.5 Å². The fraction of sp³-hybridized carbons (Fsp3) is 0.136. The maximum absolute atomic E-state index is 6.19. The van der Waals surface area contributed by atoms with E-state index in [1.54, 1.807) is 6.07 Å². The van der Waals surface area contributed by atoms with E-state index in [1.807, 2.05) is 66.7 Å². The lowest BCUT2D eigenvalue weighted by Crippen LogP contribution is -2.13. The standard InChI is InChI=1S/C22H18Cl2N2O2/c23-16-9-11-17(12-10-16)27-14-13-26-20-7-3-2-6-19(20)25-22(26)15-28-21-8-4-1-5-18(21)24/h1-12H,13-15H2. The number of halogens is 2. The third-order valence-electron chi connectivity index (χ3n) is 4.32. The zero-order valence-corrected chi connectivity index (χ0v) is 16.5. The van der Waals surface area contributed by atoms with Crippen LogP contribution in [0.2, 0.25) is 10.0 Å². The summed E-state index contributed by atoms with van der Waals surface area (Å²) in [6.45, 7) is 1.46. The van der Waals surface area contributed by atoms with Gasteiger partial charge in [0.25, 0.3) is 0 Å². The van der Waals surface area contributed by atoms with Crippen molar-refractivity contribution in [2.45, 2.75) is 13.2 Å². The summed E-state index contributed by atoms with van der Waals surface area (Å²) in [4.78, 5) is 4.72. The molecule has 0 unspecified atom stereocenters. The van der Waals surface area contributed by atoms with Gasteiger partial charge in [0.2, 0.25) is 0 Å². The highest BCUT2D eigenvalue weighted by Gasteiger charge is 2.12. The zero-order chi connectivity index (χ0) is 19.3. The number of rotatable bonds is 7. The highest BCUT2D eigenvalue weighted by molar-refractivity contribution is 6.32. The van der Waals surface area contributed by atoms with E-state index >= 15 is 0 Å². The second-order valence-electron chi connectivity index (χ2n) is 6.19. The van der Waals surface area contributed by atoms with E-state index in [4.69, 9.17) is 37.7 Å². The molecule has 1 heterocycles. The Bertz CT molecular complexity index is 1080. The molecule has 0 N–H and O–H groups in total. The van der Waals surface area contributed by atoms with Gasteiger partial charge in [-0.15, -0.1) is 0 Å². The third-order valence-corrected chi connectivity index (χ3v) is 4.89. The molecule has 0 saturated carbocycles. The average Bonchev–Trinajstić information content (AvgIpc) is 3.06. The van der Waals surface area contributed by atoms with Gasteiger partial charge in [-0.05, 0) is 48.5 Å². The Morgan fingerprint density at radius 1 is 0.821 bits per heavy atom. The van der Waals surface area contributed by atoms with Gasteiger partial charge < -0.3 is 14.0 Å². The van der Waals surface area contributed by atoms with Crippen LogP contribution in [0.15, 0.2) is 72.8 Å². The number of aromatic nitrogens is 2. The van der Waals surface area contributed by atoms with E-state index in [0.29, 0.717) is 35.6 Å². The number of imidazole rings is 1. The van der Waals surface area contributed by atoms with Gasteiger partial charge in [-0.2, -0.15) is 0 Å². The normalized spacial score (nSPS) is 10.9. The molecule has 0 aliphatic heterocycles. The summed E-state index contributed by atoms with van der Waals surface area (Å²) in [7, 11) is 0. The van der Waals surface area contributed by atoms with Crippen molar-refractivity contribution >= 4 is 34.2 Å². The summed E-state index contributed by atoms with van der Waals surface area (Å²) < 4.78 is 13.9. The largest absolute Gasteiger partial charge is 0.492 e. The number of para-hydroxylation sites is 3. The molecule has 1 aromatic heterocycles. The Labute approximate surface area is 173 Å². The maximum atomic E-state index is 6.19. The highest BCUT2D eigenvalue weighted by atomic mass is 35.5. The van der Waals surface area contributed by atoms with E-state index in [1.165, 1.54) is 0 Å². The van der Waals surface area contributed by atoms with Gasteiger partial charge in [0.05, 0.1) is 22.6 Å². The van der Waals surface area contributed by atoms with Crippen LogP contribution in [-0.4, -0.2) is 16.2 Å². The summed E-state index contributed by atoms with van der Waals surface area (Å²) in [5, 5.41) is 1.27. The quantitative estimate of drug-likeness (QED) is 0.373. The number of hydrogen-bond acceptors (Lipinski definition) is 3. The minimum atomic E-state index is 0.319. The molecular weight excluding hydrogens is 395 g/mol. The first-order valence-electron chi connectivity index (χ1n) is 8.90. The van der Waals surface area contributed by atoms with Crippen molar-refractivity contribution in [1.29, 1.82) is 0 Å². The van der Waals surface area contributed by atoms with Crippen LogP contribution in [0.3, 0.4) is 0 Å². The van der Waals surface area contributed by atoms with Crippen LogP contribution in [0.1, 0.15) is 5.82 Å². The van der Waals surface area contributed by atoms with Gasteiger partial charge in [0, 0.05) is 5.02 Å². The lowest BCUT2D eigenvalue weighted by atomic mass is 10.3. The second kappa shape index (κ2) is 8.55. The fourth-order valence-corrected chi connectivity index (χ4v) is 3.29. The van der Waals surface area contributed by atoms with E-state index in [0.717, 1.165) is 22.6 Å². The van der Waals surface area contributed by atoms with Crippen LogP contribution in [-0.2, 0) is 13.2 Å². The van der Waals surface area contributed by atoms with Gasteiger partial charge >= 0.3 is 0 Å². The van der Waals surface area contributed by atoms with E-state index in [2.05, 4.69) is 4.57 Å². The predicted octanol–water partition coefficient (Wildman–Crippen LogP) is 6.00. The Balaban J connectivity index is 1.51. The van der Waals surface area contributed by atoms with Gasteiger partial charge in [-0.25, -0.2) is 4.98 Å². The van der Waals surface area contributed by atoms with E-state index in [-0.39, 0.29) is 0 Å². The van der Waals surface area contributed by atoms with Crippen LogP contribution in [0.4, 0.5) is 0 Å². The maximum Gasteiger partial charge on any atom is 0.148 e. The molecule has 0 aliphatic rings. The summed E-state index contributed by atoms with van der Waals surface area (Å²) >= 11 is 12.1.